The van der Waals surface area contributed by atoms with E-state index in [0.29, 0.717) is 12.3 Å². The first-order chi connectivity index (χ1) is 8.70. The van der Waals surface area contributed by atoms with Crippen LogP contribution < -0.4 is 5.73 Å². The van der Waals surface area contributed by atoms with E-state index in [9.17, 15) is 4.21 Å². The van der Waals surface area contributed by atoms with Crippen molar-refractivity contribution in [3.63, 3.8) is 0 Å². The Labute approximate surface area is 118 Å². The summed E-state index contributed by atoms with van der Waals surface area (Å²) in [5, 5.41) is 0. The van der Waals surface area contributed by atoms with Gasteiger partial charge in [-0.2, -0.15) is 0 Å². The fraction of sp³-hybridized carbons (Fsp3) is 0.143. The highest BCUT2D eigenvalue weighted by atomic mass is 79.9. The van der Waals surface area contributed by atoms with E-state index in [1.807, 2.05) is 48.5 Å². The fourth-order valence-electron chi connectivity index (χ4n) is 1.63. The van der Waals surface area contributed by atoms with Crippen molar-refractivity contribution < 1.29 is 4.21 Å². The van der Waals surface area contributed by atoms with Crippen LogP contribution in [0, 0.1) is 0 Å². The van der Waals surface area contributed by atoms with Gasteiger partial charge < -0.3 is 5.73 Å². The van der Waals surface area contributed by atoms with Crippen LogP contribution in [-0.4, -0.2) is 4.21 Å². The van der Waals surface area contributed by atoms with Gasteiger partial charge in [0.25, 0.3) is 0 Å². The SMILES string of the molecule is NCc1ccc(CS(=O)c2ccccc2Br)cc1. The summed E-state index contributed by atoms with van der Waals surface area (Å²) >= 11 is 3.42. The Morgan fingerprint density at radius 3 is 2.22 bits per heavy atom. The van der Waals surface area contributed by atoms with Crippen LogP contribution in [0.15, 0.2) is 57.9 Å². The molecule has 0 bridgehead atoms. The molecule has 1 unspecified atom stereocenters. The van der Waals surface area contributed by atoms with Crippen LogP contribution in [0.5, 0.6) is 0 Å². The van der Waals surface area contributed by atoms with Gasteiger partial charge >= 0.3 is 0 Å². The van der Waals surface area contributed by atoms with Crippen molar-refractivity contribution in [3.8, 4) is 0 Å². The molecule has 0 fully saturated rings. The topological polar surface area (TPSA) is 43.1 Å². The van der Waals surface area contributed by atoms with Gasteiger partial charge in [-0.15, -0.1) is 0 Å². The smallest absolute Gasteiger partial charge is 0.0585 e. The zero-order valence-electron chi connectivity index (χ0n) is 9.80. The molecule has 0 aromatic heterocycles. The van der Waals surface area contributed by atoms with Gasteiger partial charge in [0, 0.05) is 11.0 Å². The summed E-state index contributed by atoms with van der Waals surface area (Å²) in [5.74, 6) is 0.521. The van der Waals surface area contributed by atoms with E-state index in [1.54, 1.807) is 0 Å². The Bertz CT molecular complexity index is 554. The summed E-state index contributed by atoms with van der Waals surface area (Å²) in [6.45, 7) is 0.535. The van der Waals surface area contributed by atoms with Gasteiger partial charge in [-0.1, -0.05) is 36.4 Å². The second-order valence-corrected chi connectivity index (χ2v) is 6.21. The largest absolute Gasteiger partial charge is 0.326 e. The molecule has 1 atom stereocenters. The van der Waals surface area contributed by atoms with Gasteiger partial charge in [0.15, 0.2) is 0 Å². The van der Waals surface area contributed by atoms with Crippen molar-refractivity contribution in [2.75, 3.05) is 0 Å². The lowest BCUT2D eigenvalue weighted by Gasteiger charge is -2.05. The van der Waals surface area contributed by atoms with E-state index in [1.165, 1.54) is 0 Å². The third kappa shape index (κ3) is 3.28. The van der Waals surface area contributed by atoms with Crippen LogP contribution in [-0.2, 0) is 23.1 Å². The normalized spacial score (nSPS) is 12.3. The lowest BCUT2D eigenvalue weighted by molar-refractivity contribution is 0.682. The van der Waals surface area contributed by atoms with Crippen LogP contribution in [0.4, 0.5) is 0 Å². The summed E-state index contributed by atoms with van der Waals surface area (Å²) in [6.07, 6.45) is 0. The maximum atomic E-state index is 12.2. The second-order valence-electron chi connectivity index (χ2n) is 3.94. The number of nitrogens with two attached hydrogens (primary N) is 1. The monoisotopic (exact) mass is 323 g/mol. The molecule has 2 nitrogen and oxygen atoms in total. The van der Waals surface area contributed by atoms with E-state index in [-0.39, 0.29) is 0 Å². The third-order valence-electron chi connectivity index (χ3n) is 2.64. The summed E-state index contributed by atoms with van der Waals surface area (Å²) in [4.78, 5) is 0.834. The minimum atomic E-state index is -1.03. The number of rotatable bonds is 4. The Hall–Kier alpha value is -0.970. The molecule has 0 spiro atoms. The van der Waals surface area contributed by atoms with Crippen molar-refractivity contribution >= 4 is 26.7 Å². The molecule has 2 N–H and O–H groups in total. The van der Waals surface area contributed by atoms with Gasteiger partial charge in [-0.05, 0) is 39.2 Å². The average Bonchev–Trinajstić information content (AvgIpc) is 2.40. The molecule has 2 aromatic rings. The number of halogens is 1. The molecular formula is C14H14BrNOS. The first kappa shape index (κ1) is 13.5. The molecule has 4 heteroatoms. The van der Waals surface area contributed by atoms with E-state index >= 15 is 0 Å². The molecule has 0 aliphatic heterocycles. The van der Waals surface area contributed by atoms with Crippen LogP contribution in [0.25, 0.3) is 0 Å². The molecule has 18 heavy (non-hydrogen) atoms. The highest BCUT2D eigenvalue weighted by Gasteiger charge is 2.08. The van der Waals surface area contributed by atoms with Gasteiger partial charge in [-0.3, -0.25) is 4.21 Å². The maximum Gasteiger partial charge on any atom is 0.0585 e. The predicted molar refractivity (Wildman–Crippen MR) is 78.6 cm³/mol. The summed E-state index contributed by atoms with van der Waals surface area (Å²) in [7, 11) is -1.03. The van der Waals surface area contributed by atoms with E-state index in [2.05, 4.69) is 15.9 Å². The zero-order valence-corrected chi connectivity index (χ0v) is 12.2. The minimum absolute atomic E-state index is 0.521. The second kappa shape index (κ2) is 6.27. The van der Waals surface area contributed by atoms with Crippen molar-refractivity contribution in [2.24, 2.45) is 5.73 Å². The Morgan fingerprint density at radius 2 is 1.61 bits per heavy atom. The molecule has 0 saturated heterocycles. The molecular weight excluding hydrogens is 310 g/mol. The standard InChI is InChI=1S/C14H14BrNOS/c15-13-3-1-2-4-14(13)18(17)10-12-7-5-11(9-16)6-8-12/h1-8H,9-10,16H2. The van der Waals surface area contributed by atoms with Gasteiger partial charge in [0.05, 0.1) is 21.4 Å². The molecule has 0 aliphatic rings. The van der Waals surface area contributed by atoms with Crippen LogP contribution in [0.1, 0.15) is 11.1 Å². The van der Waals surface area contributed by atoms with Crippen molar-refractivity contribution in [3.05, 3.63) is 64.1 Å². The highest BCUT2D eigenvalue weighted by Crippen LogP contribution is 2.21. The van der Waals surface area contributed by atoms with E-state index < -0.39 is 10.8 Å². The number of hydrogen-bond acceptors (Lipinski definition) is 2. The first-order valence-electron chi connectivity index (χ1n) is 5.61. The molecule has 0 heterocycles. The lowest BCUT2D eigenvalue weighted by atomic mass is 10.1. The van der Waals surface area contributed by atoms with Gasteiger partial charge in [-0.25, -0.2) is 0 Å². The van der Waals surface area contributed by atoms with Gasteiger partial charge in [0.1, 0.15) is 0 Å². The molecule has 2 rings (SSSR count). The summed E-state index contributed by atoms with van der Waals surface area (Å²) in [6, 6.07) is 15.5. The maximum absolute atomic E-state index is 12.2. The van der Waals surface area contributed by atoms with Crippen molar-refractivity contribution in [1.29, 1.82) is 0 Å². The molecule has 0 aliphatic carbocycles. The Morgan fingerprint density at radius 1 is 1.00 bits per heavy atom. The molecule has 0 radical (unpaired) electrons. The summed E-state index contributed by atoms with van der Waals surface area (Å²) < 4.78 is 13.1. The third-order valence-corrected chi connectivity index (χ3v) is 5.03. The zero-order chi connectivity index (χ0) is 13.0. The Balaban J connectivity index is 2.14. The van der Waals surface area contributed by atoms with Crippen LogP contribution in [0.3, 0.4) is 0 Å². The lowest BCUT2D eigenvalue weighted by Crippen LogP contribution is -1.99. The summed E-state index contributed by atoms with van der Waals surface area (Å²) in [5.41, 5.74) is 7.69. The van der Waals surface area contributed by atoms with Crippen LogP contribution in [0.2, 0.25) is 0 Å². The van der Waals surface area contributed by atoms with Crippen molar-refractivity contribution in [2.45, 2.75) is 17.2 Å². The quantitative estimate of drug-likeness (QED) is 0.938. The number of hydrogen-bond donors (Lipinski definition) is 1. The van der Waals surface area contributed by atoms with E-state index in [0.717, 1.165) is 20.5 Å². The first-order valence-corrected chi connectivity index (χ1v) is 7.72. The highest BCUT2D eigenvalue weighted by molar-refractivity contribution is 9.10. The van der Waals surface area contributed by atoms with Gasteiger partial charge in [0.2, 0.25) is 0 Å². The fourth-order valence-corrected chi connectivity index (χ4v) is 3.62. The predicted octanol–water partition coefficient (Wildman–Crippen LogP) is 3.22. The molecule has 0 amide bonds. The Kier molecular flexibility index (Phi) is 4.69. The number of benzene rings is 2. The molecule has 2 aromatic carbocycles. The average molecular weight is 324 g/mol. The van der Waals surface area contributed by atoms with Crippen LogP contribution >= 0.6 is 15.9 Å². The van der Waals surface area contributed by atoms with Crippen molar-refractivity contribution in [1.82, 2.24) is 0 Å². The molecule has 0 saturated carbocycles. The molecule has 94 valence electrons. The minimum Gasteiger partial charge on any atom is -0.326 e. The van der Waals surface area contributed by atoms with E-state index in [4.69, 9.17) is 5.73 Å².